The monoisotopic (exact) mass is 584 g/mol. The van der Waals surface area contributed by atoms with E-state index in [0.29, 0.717) is 31.2 Å². The molecule has 3 amide bonds. The van der Waals surface area contributed by atoms with Crippen LogP contribution in [-0.2, 0) is 20.9 Å². The van der Waals surface area contributed by atoms with Crippen LogP contribution in [0.2, 0.25) is 0 Å². The Kier molecular flexibility index (Phi) is 8.76. The summed E-state index contributed by atoms with van der Waals surface area (Å²) in [5.74, 6) is -2.30. The number of fused-ring (bicyclic) bond motifs is 1. The van der Waals surface area contributed by atoms with E-state index in [0.717, 1.165) is 10.5 Å². The summed E-state index contributed by atoms with van der Waals surface area (Å²) < 4.78 is 20.3. The zero-order valence-corrected chi connectivity index (χ0v) is 24.8. The predicted octanol–water partition coefficient (Wildman–Crippen LogP) is 6.48. The number of esters is 1. The van der Waals surface area contributed by atoms with Crippen LogP contribution in [0.5, 0.6) is 0 Å². The minimum absolute atomic E-state index is 0.0992. The van der Waals surface area contributed by atoms with E-state index in [9.17, 15) is 23.6 Å². The van der Waals surface area contributed by atoms with E-state index in [-0.39, 0.29) is 24.2 Å². The van der Waals surface area contributed by atoms with Gasteiger partial charge in [0.2, 0.25) is 5.91 Å². The van der Waals surface area contributed by atoms with Crippen molar-refractivity contribution in [3.05, 3.63) is 107 Å². The van der Waals surface area contributed by atoms with Crippen molar-refractivity contribution < 1.29 is 28.3 Å². The van der Waals surface area contributed by atoms with Crippen molar-refractivity contribution in [1.29, 1.82) is 0 Å². The molecule has 0 bridgehead atoms. The number of amides is 3. The third-order valence-electron chi connectivity index (χ3n) is 9.20. The summed E-state index contributed by atoms with van der Waals surface area (Å²) in [5.41, 5.74) is 0.934. The molecular weight excluding hydrogens is 547 g/mol. The Morgan fingerprint density at radius 3 is 2.09 bits per heavy atom. The van der Waals surface area contributed by atoms with Gasteiger partial charge in [0.05, 0.1) is 22.6 Å². The van der Waals surface area contributed by atoms with Crippen molar-refractivity contribution >= 4 is 23.7 Å². The summed E-state index contributed by atoms with van der Waals surface area (Å²) in [7, 11) is 0. The standard InChI is InChI=1S/C35H37FN2O5/c1-4-28(38-31(39)26-17-10-11-18-27(26)32(38)40)33(41)37-29(24-15-12-16-25(36)21-24)19-20-30(37)35(5-2,6-3)34(42)43-22-23-13-8-7-9-14-23/h7-18,21,28-30H,4-6,19-20,22H2,1-3H3/t28-,29+,30-/m1/s1. The van der Waals surface area contributed by atoms with Crippen LogP contribution < -0.4 is 0 Å². The number of ether oxygens (including phenoxy) is 1. The lowest BCUT2D eigenvalue weighted by atomic mass is 9.74. The first-order chi connectivity index (χ1) is 20.8. The maximum Gasteiger partial charge on any atom is 0.314 e. The highest BCUT2D eigenvalue weighted by molar-refractivity contribution is 6.22. The number of imide groups is 1. The number of halogens is 1. The Balaban J connectivity index is 1.53. The molecule has 3 atom stereocenters. The fourth-order valence-electron chi connectivity index (χ4n) is 6.85. The highest BCUT2D eigenvalue weighted by atomic mass is 19.1. The Morgan fingerprint density at radius 2 is 1.51 bits per heavy atom. The molecule has 2 aliphatic heterocycles. The van der Waals surface area contributed by atoms with Crippen molar-refractivity contribution in [2.24, 2.45) is 5.41 Å². The Morgan fingerprint density at radius 1 is 0.884 bits per heavy atom. The summed E-state index contributed by atoms with van der Waals surface area (Å²) in [6.07, 6.45) is 1.98. The molecule has 0 saturated carbocycles. The maximum atomic E-state index is 14.7. The van der Waals surface area contributed by atoms with Gasteiger partial charge in [0.15, 0.2) is 0 Å². The van der Waals surface area contributed by atoms with E-state index >= 15 is 0 Å². The number of carbonyl (C=O) groups excluding carboxylic acids is 4. The van der Waals surface area contributed by atoms with Crippen LogP contribution in [0, 0.1) is 11.2 Å². The fraction of sp³-hybridized carbons (Fsp3) is 0.371. The molecule has 5 rings (SSSR count). The Bertz CT molecular complexity index is 1480. The molecule has 7 nitrogen and oxygen atoms in total. The number of likely N-dealkylation sites (tertiary alicyclic amines) is 1. The number of nitrogens with zero attached hydrogens (tertiary/aromatic N) is 2. The second kappa shape index (κ2) is 12.5. The van der Waals surface area contributed by atoms with Crippen LogP contribution >= 0.6 is 0 Å². The number of rotatable bonds is 10. The average Bonchev–Trinajstić information content (AvgIpc) is 3.58. The largest absolute Gasteiger partial charge is 0.460 e. The molecule has 0 aliphatic carbocycles. The number of hydrogen-bond donors (Lipinski definition) is 0. The lowest BCUT2D eigenvalue weighted by molar-refractivity contribution is -0.165. The molecule has 8 heteroatoms. The zero-order chi connectivity index (χ0) is 30.7. The van der Waals surface area contributed by atoms with E-state index in [2.05, 4.69) is 0 Å². The molecule has 0 radical (unpaired) electrons. The van der Waals surface area contributed by atoms with Gasteiger partial charge in [-0.25, -0.2) is 4.39 Å². The molecule has 2 heterocycles. The maximum absolute atomic E-state index is 14.7. The van der Waals surface area contributed by atoms with E-state index in [4.69, 9.17) is 4.74 Å². The smallest absolute Gasteiger partial charge is 0.314 e. The van der Waals surface area contributed by atoms with Crippen LogP contribution in [0.3, 0.4) is 0 Å². The fourth-order valence-corrected chi connectivity index (χ4v) is 6.85. The molecular formula is C35H37FN2O5. The van der Waals surface area contributed by atoms with Gasteiger partial charge in [0.25, 0.3) is 11.8 Å². The van der Waals surface area contributed by atoms with Crippen LogP contribution in [0.15, 0.2) is 78.9 Å². The summed E-state index contributed by atoms with van der Waals surface area (Å²) in [6, 6.07) is 19.9. The summed E-state index contributed by atoms with van der Waals surface area (Å²) in [5, 5.41) is 0. The van der Waals surface area contributed by atoms with Crippen LogP contribution in [0.4, 0.5) is 4.39 Å². The minimum Gasteiger partial charge on any atom is -0.460 e. The first kappa shape index (κ1) is 30.1. The highest BCUT2D eigenvalue weighted by Gasteiger charge is 2.55. The molecule has 0 spiro atoms. The first-order valence-electron chi connectivity index (χ1n) is 15.0. The van der Waals surface area contributed by atoms with Gasteiger partial charge >= 0.3 is 5.97 Å². The minimum atomic E-state index is -1.09. The summed E-state index contributed by atoms with van der Waals surface area (Å²) in [4.78, 5) is 58.3. The molecule has 3 aromatic carbocycles. The molecule has 3 aromatic rings. The van der Waals surface area contributed by atoms with Crippen LogP contribution in [-0.4, -0.2) is 45.6 Å². The Hall–Kier alpha value is -4.33. The quantitative estimate of drug-likeness (QED) is 0.201. The van der Waals surface area contributed by atoms with E-state index in [1.807, 2.05) is 44.2 Å². The van der Waals surface area contributed by atoms with Gasteiger partial charge in [-0.2, -0.15) is 0 Å². The zero-order valence-electron chi connectivity index (χ0n) is 24.8. The molecule has 1 fully saturated rings. The van der Waals surface area contributed by atoms with Gasteiger partial charge < -0.3 is 9.64 Å². The molecule has 0 N–H and O–H groups in total. The molecule has 2 aliphatic rings. The van der Waals surface area contributed by atoms with Gasteiger partial charge in [-0.05, 0) is 67.5 Å². The number of carbonyl (C=O) groups is 4. The number of benzene rings is 3. The third kappa shape index (κ3) is 5.35. The summed E-state index contributed by atoms with van der Waals surface area (Å²) >= 11 is 0. The normalized spacial score (nSPS) is 19.0. The van der Waals surface area contributed by atoms with Gasteiger partial charge in [-0.1, -0.05) is 75.4 Å². The molecule has 224 valence electrons. The van der Waals surface area contributed by atoms with Crippen molar-refractivity contribution in [2.45, 2.75) is 77.6 Å². The van der Waals surface area contributed by atoms with Gasteiger partial charge in [-0.3, -0.25) is 24.1 Å². The summed E-state index contributed by atoms with van der Waals surface area (Å²) in [6.45, 7) is 5.68. The first-order valence-corrected chi connectivity index (χ1v) is 15.0. The van der Waals surface area contributed by atoms with E-state index in [1.54, 1.807) is 48.2 Å². The predicted molar refractivity (Wildman–Crippen MR) is 159 cm³/mol. The number of hydrogen-bond acceptors (Lipinski definition) is 5. The Labute approximate surface area is 251 Å². The van der Waals surface area contributed by atoms with Crippen molar-refractivity contribution in [1.82, 2.24) is 9.80 Å². The molecule has 0 aromatic heterocycles. The molecule has 43 heavy (non-hydrogen) atoms. The molecule has 1 saturated heterocycles. The van der Waals surface area contributed by atoms with Crippen molar-refractivity contribution in [3.63, 3.8) is 0 Å². The lowest BCUT2D eigenvalue weighted by Crippen LogP contribution is -2.57. The van der Waals surface area contributed by atoms with E-state index in [1.165, 1.54) is 12.1 Å². The molecule has 0 unspecified atom stereocenters. The van der Waals surface area contributed by atoms with Crippen molar-refractivity contribution in [3.8, 4) is 0 Å². The van der Waals surface area contributed by atoms with E-state index < -0.39 is 53.0 Å². The van der Waals surface area contributed by atoms with Crippen LogP contribution in [0.1, 0.15) is 90.8 Å². The van der Waals surface area contributed by atoms with Gasteiger partial charge in [0, 0.05) is 6.04 Å². The van der Waals surface area contributed by atoms with Crippen LogP contribution in [0.25, 0.3) is 0 Å². The average molecular weight is 585 g/mol. The van der Waals surface area contributed by atoms with Gasteiger partial charge in [0.1, 0.15) is 18.5 Å². The van der Waals surface area contributed by atoms with Crippen molar-refractivity contribution in [2.75, 3.05) is 0 Å². The third-order valence-corrected chi connectivity index (χ3v) is 9.20. The lowest BCUT2D eigenvalue weighted by Gasteiger charge is -2.43. The topological polar surface area (TPSA) is 84.0 Å². The second-order valence-corrected chi connectivity index (χ2v) is 11.3. The van der Waals surface area contributed by atoms with Gasteiger partial charge in [-0.15, -0.1) is 0 Å². The highest BCUT2D eigenvalue weighted by Crippen LogP contribution is 2.48. The second-order valence-electron chi connectivity index (χ2n) is 11.3. The SMILES string of the molecule is CC[C@H](C(=O)N1[C@H](c2cccc(F)c2)CC[C@@H]1C(CC)(CC)C(=O)OCc1ccccc1)N1C(=O)c2ccccc2C1=O.